The van der Waals surface area contributed by atoms with Gasteiger partial charge in [-0.05, 0) is 87.9 Å². The Morgan fingerprint density at radius 3 is 2.40 bits per heavy atom. The largest absolute Gasteiger partial charge is 0.322 e. The number of allylic oxidation sites excluding steroid dienone is 2. The molecular weight excluding hydrogens is 403 g/mol. The quantitative estimate of drug-likeness (QED) is 0.688. The second kappa shape index (κ2) is 9.00. The molecule has 0 fully saturated rings. The molecule has 0 bridgehead atoms. The zero-order valence-electron chi connectivity index (χ0n) is 17.5. The fraction of sp³-hybridized carbons (Fsp3) is 0.348. The molecule has 1 N–H and O–H groups in total. The van der Waals surface area contributed by atoms with Gasteiger partial charge in [-0.1, -0.05) is 12.1 Å². The number of rotatable bonds is 6. The van der Waals surface area contributed by atoms with Gasteiger partial charge in [-0.3, -0.25) is 9.10 Å². The van der Waals surface area contributed by atoms with Crippen LogP contribution in [-0.2, 0) is 10.0 Å². The van der Waals surface area contributed by atoms with E-state index in [1.807, 2.05) is 26.0 Å². The lowest BCUT2D eigenvalue weighted by molar-refractivity contribution is 0.102. The van der Waals surface area contributed by atoms with E-state index in [1.165, 1.54) is 10.4 Å². The van der Waals surface area contributed by atoms with Gasteiger partial charge in [0, 0.05) is 17.9 Å². The van der Waals surface area contributed by atoms with Crippen LogP contribution in [0.4, 0.5) is 10.1 Å². The Balaban J connectivity index is 1.93. The van der Waals surface area contributed by atoms with E-state index in [0.717, 1.165) is 48.2 Å². The van der Waals surface area contributed by atoms with E-state index >= 15 is 0 Å². The first-order chi connectivity index (χ1) is 14.2. The Labute approximate surface area is 177 Å². The van der Waals surface area contributed by atoms with E-state index in [9.17, 15) is 17.6 Å². The zero-order valence-corrected chi connectivity index (χ0v) is 18.4. The van der Waals surface area contributed by atoms with Gasteiger partial charge in [-0.25, -0.2) is 12.8 Å². The Kier molecular flexibility index (Phi) is 6.61. The number of benzene rings is 2. The molecule has 0 saturated carbocycles. The first-order valence-electron chi connectivity index (χ1n) is 10.1. The number of hydrogen-bond acceptors (Lipinski definition) is 3. The van der Waals surface area contributed by atoms with Gasteiger partial charge in [-0.15, -0.1) is 0 Å². The van der Waals surface area contributed by atoms with E-state index in [1.54, 1.807) is 19.1 Å². The number of halogens is 1. The van der Waals surface area contributed by atoms with E-state index in [-0.39, 0.29) is 17.0 Å². The molecule has 0 radical (unpaired) electrons. The monoisotopic (exact) mass is 430 g/mol. The molecule has 7 heteroatoms. The second-order valence-corrected chi connectivity index (χ2v) is 9.45. The average Bonchev–Trinajstić information content (AvgIpc) is 2.68. The molecule has 0 unspecified atom stereocenters. The number of nitrogens with one attached hydrogen (secondary N) is 1. The highest BCUT2D eigenvalue weighted by Crippen LogP contribution is 2.28. The highest BCUT2D eigenvalue weighted by molar-refractivity contribution is 7.89. The fourth-order valence-corrected chi connectivity index (χ4v) is 5.36. The number of aryl methyl sites for hydroxylation is 2. The lowest BCUT2D eigenvalue weighted by Gasteiger charge is -2.27. The lowest BCUT2D eigenvalue weighted by Crippen LogP contribution is -2.31. The van der Waals surface area contributed by atoms with Crippen molar-refractivity contribution in [3.05, 3.63) is 70.7 Å². The predicted octanol–water partition coefficient (Wildman–Crippen LogP) is 5.16. The maximum atomic E-state index is 14.4. The van der Waals surface area contributed by atoms with Gasteiger partial charge in [0.1, 0.15) is 5.82 Å². The highest BCUT2D eigenvalue weighted by atomic mass is 32.2. The van der Waals surface area contributed by atoms with E-state index < -0.39 is 21.7 Å². The zero-order chi connectivity index (χ0) is 21.9. The van der Waals surface area contributed by atoms with Crippen LogP contribution < -0.4 is 5.32 Å². The summed E-state index contributed by atoms with van der Waals surface area (Å²) >= 11 is 0. The van der Waals surface area contributed by atoms with Gasteiger partial charge in [0.2, 0.25) is 0 Å². The number of carbonyl (C=O) groups is 1. The number of sulfonamides is 1. The van der Waals surface area contributed by atoms with Crippen molar-refractivity contribution in [2.24, 2.45) is 0 Å². The van der Waals surface area contributed by atoms with Crippen molar-refractivity contribution in [1.82, 2.24) is 4.31 Å². The van der Waals surface area contributed by atoms with Crippen LogP contribution in [0.5, 0.6) is 0 Å². The van der Waals surface area contributed by atoms with Crippen LogP contribution in [0, 0.1) is 19.7 Å². The Hall–Kier alpha value is -2.67. The lowest BCUT2D eigenvalue weighted by atomic mass is 10.1. The SMILES string of the molecule is CCN(C1=CCCCC1)S(=O)(=O)c1ccc(F)c(C(=O)Nc2cc(C)cc(C)c2)c1. The van der Waals surface area contributed by atoms with Crippen molar-refractivity contribution in [2.45, 2.75) is 51.3 Å². The summed E-state index contributed by atoms with van der Waals surface area (Å²) in [5, 5.41) is 2.67. The van der Waals surface area contributed by atoms with Crippen molar-refractivity contribution >= 4 is 21.6 Å². The van der Waals surface area contributed by atoms with Gasteiger partial charge in [0.05, 0.1) is 10.5 Å². The molecule has 0 aliphatic heterocycles. The maximum Gasteiger partial charge on any atom is 0.264 e. The molecule has 30 heavy (non-hydrogen) atoms. The van der Waals surface area contributed by atoms with Crippen molar-refractivity contribution in [2.75, 3.05) is 11.9 Å². The molecule has 0 heterocycles. The van der Waals surface area contributed by atoms with Gasteiger partial charge in [0.15, 0.2) is 0 Å². The third kappa shape index (κ3) is 4.73. The van der Waals surface area contributed by atoms with Crippen molar-refractivity contribution < 1.29 is 17.6 Å². The summed E-state index contributed by atoms with van der Waals surface area (Å²) in [4.78, 5) is 12.6. The maximum absolute atomic E-state index is 14.4. The minimum atomic E-state index is -3.89. The summed E-state index contributed by atoms with van der Waals surface area (Å²) in [7, 11) is -3.89. The fourth-order valence-electron chi connectivity index (χ4n) is 3.79. The molecule has 160 valence electrons. The third-order valence-corrected chi connectivity index (χ3v) is 7.05. The number of hydrogen-bond donors (Lipinski definition) is 1. The van der Waals surface area contributed by atoms with E-state index in [2.05, 4.69) is 5.32 Å². The molecule has 1 amide bonds. The molecular formula is C23H27FN2O3S. The Bertz CT molecular complexity index is 1070. The number of anilines is 1. The van der Waals surface area contributed by atoms with Crippen LogP contribution in [0.25, 0.3) is 0 Å². The summed E-state index contributed by atoms with van der Waals surface area (Å²) < 4.78 is 42.2. The van der Waals surface area contributed by atoms with Crippen LogP contribution in [0.2, 0.25) is 0 Å². The molecule has 5 nitrogen and oxygen atoms in total. The molecule has 0 saturated heterocycles. The minimum absolute atomic E-state index is 0.0946. The molecule has 0 atom stereocenters. The minimum Gasteiger partial charge on any atom is -0.322 e. The van der Waals surface area contributed by atoms with Crippen LogP contribution in [0.1, 0.15) is 54.1 Å². The second-order valence-electron chi connectivity index (χ2n) is 7.58. The Morgan fingerprint density at radius 2 is 1.80 bits per heavy atom. The number of amides is 1. The van der Waals surface area contributed by atoms with Gasteiger partial charge < -0.3 is 5.32 Å². The number of carbonyl (C=O) groups excluding carboxylic acids is 1. The normalized spacial score (nSPS) is 14.2. The molecule has 2 aromatic carbocycles. The van der Waals surface area contributed by atoms with Gasteiger partial charge >= 0.3 is 0 Å². The summed E-state index contributed by atoms with van der Waals surface area (Å²) in [6.45, 7) is 5.84. The van der Waals surface area contributed by atoms with Crippen molar-refractivity contribution in [3.63, 3.8) is 0 Å². The smallest absolute Gasteiger partial charge is 0.264 e. The average molecular weight is 431 g/mol. The molecule has 3 rings (SSSR count). The molecule has 1 aliphatic carbocycles. The third-order valence-electron chi connectivity index (χ3n) is 5.12. The predicted molar refractivity (Wildman–Crippen MR) is 116 cm³/mol. The van der Waals surface area contributed by atoms with Gasteiger partial charge in [0.25, 0.3) is 15.9 Å². The standard InChI is InChI=1S/C23H27FN2O3S/c1-4-26(19-8-6-5-7-9-19)30(28,29)20-10-11-22(24)21(15-20)23(27)25-18-13-16(2)12-17(3)14-18/h8,10-15H,4-7,9H2,1-3H3,(H,25,27). The van der Waals surface area contributed by atoms with Crippen LogP contribution in [0.3, 0.4) is 0 Å². The molecule has 2 aromatic rings. The summed E-state index contributed by atoms with van der Waals surface area (Å²) in [6.07, 6.45) is 5.45. The molecule has 0 aromatic heterocycles. The molecule has 0 spiro atoms. The van der Waals surface area contributed by atoms with E-state index in [4.69, 9.17) is 0 Å². The highest BCUT2D eigenvalue weighted by Gasteiger charge is 2.27. The van der Waals surface area contributed by atoms with Gasteiger partial charge in [-0.2, -0.15) is 0 Å². The van der Waals surface area contributed by atoms with Crippen LogP contribution in [0.15, 0.2) is 53.1 Å². The van der Waals surface area contributed by atoms with Crippen molar-refractivity contribution in [3.8, 4) is 0 Å². The first kappa shape index (κ1) is 22.0. The number of nitrogens with zero attached hydrogens (tertiary/aromatic N) is 1. The summed E-state index contributed by atoms with van der Waals surface area (Å²) in [5.41, 5.74) is 2.91. The van der Waals surface area contributed by atoms with Crippen LogP contribution >= 0.6 is 0 Å². The van der Waals surface area contributed by atoms with E-state index in [0.29, 0.717) is 12.1 Å². The topological polar surface area (TPSA) is 66.5 Å². The Morgan fingerprint density at radius 1 is 1.10 bits per heavy atom. The van der Waals surface area contributed by atoms with Crippen molar-refractivity contribution in [1.29, 1.82) is 0 Å². The summed E-state index contributed by atoms with van der Waals surface area (Å²) in [5.74, 6) is -1.45. The first-order valence-corrected chi connectivity index (χ1v) is 11.6. The molecule has 1 aliphatic rings. The summed E-state index contributed by atoms with van der Waals surface area (Å²) in [6, 6.07) is 8.88. The van der Waals surface area contributed by atoms with Crippen LogP contribution in [-0.4, -0.2) is 25.2 Å².